The minimum Gasteiger partial charge on any atom is -0.491 e. The van der Waals surface area contributed by atoms with Crippen LogP contribution in [-0.4, -0.2) is 66.2 Å². The molecule has 1 fully saturated rings. The Labute approximate surface area is 166 Å². The van der Waals surface area contributed by atoms with Crippen LogP contribution in [0.25, 0.3) is 10.9 Å². The fourth-order valence-electron chi connectivity index (χ4n) is 2.80. The topological polar surface area (TPSA) is 105 Å². The summed E-state index contributed by atoms with van der Waals surface area (Å²) < 4.78 is 10.6. The van der Waals surface area contributed by atoms with Crippen LogP contribution in [0, 0.1) is 11.3 Å². The van der Waals surface area contributed by atoms with Crippen molar-refractivity contribution < 1.29 is 19.1 Å². The average Bonchev–Trinajstić information content (AvgIpc) is 3.20. The van der Waals surface area contributed by atoms with E-state index in [4.69, 9.17) is 14.7 Å². The maximum atomic E-state index is 12.7. The Morgan fingerprint density at radius 2 is 2.25 bits per heavy atom. The van der Waals surface area contributed by atoms with Gasteiger partial charge in [-0.3, -0.25) is 14.6 Å². The largest absolute Gasteiger partial charge is 0.491 e. The number of benzene rings is 1. The molecule has 1 saturated heterocycles. The Morgan fingerprint density at radius 1 is 1.39 bits per heavy atom. The summed E-state index contributed by atoms with van der Waals surface area (Å²) in [6.07, 6.45) is 1.55. The van der Waals surface area contributed by atoms with E-state index in [1.54, 1.807) is 37.6 Å². The monoisotopic (exact) mass is 400 g/mol. The van der Waals surface area contributed by atoms with Crippen LogP contribution < -0.4 is 10.1 Å². The molecular weight excluding hydrogens is 380 g/mol. The van der Waals surface area contributed by atoms with Gasteiger partial charge in [0.15, 0.2) is 0 Å². The molecule has 0 spiro atoms. The second-order valence-electron chi connectivity index (χ2n) is 6.07. The molecule has 0 bridgehead atoms. The zero-order valence-electron chi connectivity index (χ0n) is 15.4. The number of fused-ring (bicyclic) bond motifs is 1. The van der Waals surface area contributed by atoms with Gasteiger partial charge in [0, 0.05) is 24.4 Å². The predicted octanol–water partition coefficient (Wildman–Crippen LogP) is 1.41. The lowest BCUT2D eigenvalue weighted by Crippen LogP contribution is -2.42. The van der Waals surface area contributed by atoms with Gasteiger partial charge in [-0.05, 0) is 24.3 Å². The molecule has 1 aliphatic rings. The molecule has 2 aromatic rings. The van der Waals surface area contributed by atoms with Crippen LogP contribution in [0.1, 0.15) is 10.4 Å². The fourth-order valence-corrected chi connectivity index (χ4v) is 3.91. The van der Waals surface area contributed by atoms with Crippen molar-refractivity contribution in [3.63, 3.8) is 0 Å². The number of thioether (sulfide) groups is 1. The van der Waals surface area contributed by atoms with Gasteiger partial charge in [0.2, 0.25) is 5.91 Å². The van der Waals surface area contributed by atoms with E-state index in [0.29, 0.717) is 47.1 Å². The summed E-state index contributed by atoms with van der Waals surface area (Å²) in [6, 6.07) is 8.57. The van der Waals surface area contributed by atoms with E-state index in [-0.39, 0.29) is 18.4 Å². The molecule has 28 heavy (non-hydrogen) atoms. The molecule has 1 aromatic heterocycles. The molecule has 2 heterocycles. The van der Waals surface area contributed by atoms with E-state index in [1.807, 2.05) is 0 Å². The Bertz CT molecular complexity index is 914. The first-order valence-corrected chi connectivity index (χ1v) is 9.85. The van der Waals surface area contributed by atoms with Gasteiger partial charge >= 0.3 is 0 Å². The number of ether oxygens (including phenoxy) is 2. The number of amides is 2. The van der Waals surface area contributed by atoms with Gasteiger partial charge in [-0.1, -0.05) is 0 Å². The molecule has 0 unspecified atom stereocenters. The Hall–Kier alpha value is -2.83. The van der Waals surface area contributed by atoms with E-state index in [0.717, 1.165) is 0 Å². The minimum atomic E-state index is -0.442. The van der Waals surface area contributed by atoms with Crippen LogP contribution in [0.15, 0.2) is 30.5 Å². The highest BCUT2D eigenvalue weighted by atomic mass is 32.2. The number of nitrogens with zero attached hydrogens (tertiary/aromatic N) is 3. The van der Waals surface area contributed by atoms with Crippen molar-refractivity contribution in [2.24, 2.45) is 0 Å². The van der Waals surface area contributed by atoms with E-state index in [1.165, 1.54) is 16.7 Å². The van der Waals surface area contributed by atoms with Crippen LogP contribution in [0.2, 0.25) is 0 Å². The number of nitrogens with one attached hydrogen (secondary N) is 1. The van der Waals surface area contributed by atoms with E-state index in [9.17, 15) is 9.59 Å². The van der Waals surface area contributed by atoms with Crippen molar-refractivity contribution in [1.29, 1.82) is 5.26 Å². The molecule has 2 amide bonds. The number of nitriles is 1. The van der Waals surface area contributed by atoms with Crippen molar-refractivity contribution in [3.05, 3.63) is 36.0 Å². The van der Waals surface area contributed by atoms with Crippen molar-refractivity contribution in [2.75, 3.05) is 38.5 Å². The second-order valence-corrected chi connectivity index (χ2v) is 7.07. The molecule has 3 rings (SSSR count). The minimum absolute atomic E-state index is 0.161. The Morgan fingerprint density at radius 3 is 3.04 bits per heavy atom. The third-order valence-electron chi connectivity index (χ3n) is 4.27. The number of carbonyl (C=O) groups is 2. The van der Waals surface area contributed by atoms with Gasteiger partial charge in [0.1, 0.15) is 18.4 Å². The summed E-state index contributed by atoms with van der Waals surface area (Å²) in [5.41, 5.74) is 1.06. The lowest BCUT2D eigenvalue weighted by Gasteiger charge is -2.18. The molecule has 0 aliphatic carbocycles. The highest BCUT2D eigenvalue weighted by Gasteiger charge is 2.29. The van der Waals surface area contributed by atoms with Gasteiger partial charge in [0.25, 0.3) is 5.91 Å². The maximum Gasteiger partial charge on any atom is 0.252 e. The molecule has 0 saturated carbocycles. The lowest BCUT2D eigenvalue weighted by molar-refractivity contribution is -0.129. The number of methoxy groups -OCH3 is 1. The van der Waals surface area contributed by atoms with Crippen LogP contribution in [-0.2, 0) is 9.53 Å². The van der Waals surface area contributed by atoms with Crippen molar-refractivity contribution in [3.8, 4) is 11.8 Å². The quantitative estimate of drug-likeness (QED) is 0.701. The maximum absolute atomic E-state index is 12.7. The molecule has 8 nitrogen and oxygen atoms in total. The predicted molar refractivity (Wildman–Crippen MR) is 105 cm³/mol. The standard InChI is InChI=1S/C19H20N4O4S/c1-26-6-7-27-14-2-3-17-16(8-14)15(4-5-21-17)19(25)22-10-18(24)23-12-28-11-13(23)9-20/h2-5,8,13H,6-7,10-12H2,1H3,(H,22,25)/t13-/m1/s1. The van der Waals surface area contributed by atoms with Crippen molar-refractivity contribution in [2.45, 2.75) is 6.04 Å². The SMILES string of the molecule is COCCOc1ccc2nccc(C(=O)NCC(=O)N3CSC[C@H]3C#N)c2c1. The highest BCUT2D eigenvalue weighted by molar-refractivity contribution is 7.99. The number of hydrogen-bond donors (Lipinski definition) is 1. The normalized spacial score (nSPS) is 16.0. The van der Waals surface area contributed by atoms with Gasteiger partial charge in [-0.15, -0.1) is 11.8 Å². The first kappa shape index (κ1) is 19.9. The lowest BCUT2D eigenvalue weighted by atomic mass is 10.1. The fraction of sp³-hybridized carbons (Fsp3) is 0.368. The van der Waals surface area contributed by atoms with Crippen molar-refractivity contribution in [1.82, 2.24) is 15.2 Å². The first-order chi connectivity index (χ1) is 13.6. The summed E-state index contributed by atoms with van der Waals surface area (Å²) in [4.78, 5) is 30.7. The Kier molecular flexibility index (Phi) is 6.68. The van der Waals surface area contributed by atoms with E-state index in [2.05, 4.69) is 16.4 Å². The number of aromatic nitrogens is 1. The van der Waals surface area contributed by atoms with E-state index >= 15 is 0 Å². The number of hydrogen-bond acceptors (Lipinski definition) is 7. The zero-order chi connectivity index (χ0) is 19.9. The summed E-state index contributed by atoms with van der Waals surface area (Å²) in [6.45, 7) is 0.691. The third-order valence-corrected chi connectivity index (χ3v) is 5.28. The average molecular weight is 400 g/mol. The third kappa shape index (κ3) is 4.52. The summed E-state index contributed by atoms with van der Waals surface area (Å²) >= 11 is 1.52. The van der Waals surface area contributed by atoms with Crippen LogP contribution in [0.5, 0.6) is 5.75 Å². The molecule has 1 N–H and O–H groups in total. The molecule has 1 aromatic carbocycles. The van der Waals surface area contributed by atoms with Gasteiger partial charge in [-0.2, -0.15) is 5.26 Å². The second kappa shape index (κ2) is 9.39. The van der Waals surface area contributed by atoms with E-state index < -0.39 is 6.04 Å². The summed E-state index contributed by atoms with van der Waals surface area (Å²) in [7, 11) is 1.59. The van der Waals surface area contributed by atoms with Gasteiger partial charge in [-0.25, -0.2) is 0 Å². The summed E-state index contributed by atoms with van der Waals surface area (Å²) in [5.74, 6) is 1.01. The highest BCUT2D eigenvalue weighted by Crippen LogP contribution is 2.23. The van der Waals surface area contributed by atoms with Crippen LogP contribution in [0.3, 0.4) is 0 Å². The first-order valence-electron chi connectivity index (χ1n) is 8.69. The smallest absolute Gasteiger partial charge is 0.252 e. The molecule has 146 valence electrons. The molecule has 1 aliphatic heterocycles. The zero-order valence-corrected chi connectivity index (χ0v) is 16.2. The number of pyridine rings is 1. The van der Waals surface area contributed by atoms with Crippen LogP contribution >= 0.6 is 11.8 Å². The Balaban J connectivity index is 1.71. The summed E-state index contributed by atoms with van der Waals surface area (Å²) in [5, 5.41) is 12.4. The van der Waals surface area contributed by atoms with Gasteiger partial charge in [0.05, 0.1) is 36.2 Å². The molecule has 9 heteroatoms. The molecule has 0 radical (unpaired) electrons. The van der Waals surface area contributed by atoms with Crippen LogP contribution in [0.4, 0.5) is 0 Å². The van der Waals surface area contributed by atoms with Crippen molar-refractivity contribution >= 4 is 34.5 Å². The number of rotatable bonds is 7. The molecular formula is C19H20N4O4S. The van der Waals surface area contributed by atoms with Gasteiger partial charge < -0.3 is 19.7 Å². The number of carbonyl (C=O) groups excluding carboxylic acids is 2. The molecule has 1 atom stereocenters.